The molecule has 0 atom stereocenters. The molecule has 6 heteroatoms. The smallest absolute Gasteiger partial charge is 0.243 e. The monoisotopic (exact) mass is 422 g/mol. The van der Waals surface area contributed by atoms with Gasteiger partial charge in [0.25, 0.3) is 0 Å². The first-order valence-corrected chi connectivity index (χ1v) is 11.2. The highest BCUT2D eigenvalue weighted by molar-refractivity contribution is 7.89. The van der Waals surface area contributed by atoms with Gasteiger partial charge in [-0.3, -0.25) is 4.79 Å². The third kappa shape index (κ3) is 5.14. The predicted octanol–water partition coefficient (Wildman–Crippen LogP) is 4.44. The molecule has 5 nitrogen and oxygen atoms in total. The Labute approximate surface area is 178 Å². The first kappa shape index (κ1) is 21.7. The number of amides is 1. The van der Waals surface area contributed by atoms with E-state index in [1.807, 2.05) is 69.3 Å². The van der Waals surface area contributed by atoms with Crippen molar-refractivity contribution < 1.29 is 13.2 Å². The van der Waals surface area contributed by atoms with E-state index in [-0.39, 0.29) is 23.9 Å². The molecule has 0 heterocycles. The van der Waals surface area contributed by atoms with Gasteiger partial charge in [-0.05, 0) is 49.6 Å². The van der Waals surface area contributed by atoms with Crippen molar-refractivity contribution >= 4 is 21.6 Å². The number of para-hydroxylation sites is 1. The number of hydrogen-bond acceptors (Lipinski definition) is 3. The van der Waals surface area contributed by atoms with Gasteiger partial charge in [0.1, 0.15) is 0 Å². The predicted molar refractivity (Wildman–Crippen MR) is 120 cm³/mol. The topological polar surface area (TPSA) is 66.5 Å². The molecule has 0 fully saturated rings. The SMILES string of the molecule is Cc1ccc(S(=O)(=O)N(CC(=O)Nc2c(C)cccc2C)Cc2ccccc2)cc1. The van der Waals surface area contributed by atoms with E-state index < -0.39 is 10.0 Å². The van der Waals surface area contributed by atoms with E-state index in [0.717, 1.165) is 27.9 Å². The summed E-state index contributed by atoms with van der Waals surface area (Å²) in [5.41, 5.74) is 4.36. The molecule has 3 aromatic carbocycles. The Hall–Kier alpha value is -2.96. The number of anilines is 1. The van der Waals surface area contributed by atoms with Gasteiger partial charge in [-0.25, -0.2) is 8.42 Å². The van der Waals surface area contributed by atoms with E-state index in [2.05, 4.69) is 5.32 Å². The highest BCUT2D eigenvalue weighted by atomic mass is 32.2. The Morgan fingerprint density at radius 1 is 0.833 bits per heavy atom. The maximum Gasteiger partial charge on any atom is 0.243 e. The highest BCUT2D eigenvalue weighted by Crippen LogP contribution is 2.22. The lowest BCUT2D eigenvalue weighted by atomic mass is 10.1. The van der Waals surface area contributed by atoms with Gasteiger partial charge in [0.15, 0.2) is 0 Å². The third-order valence-electron chi connectivity index (χ3n) is 4.93. The molecule has 0 saturated carbocycles. The molecule has 0 aliphatic heterocycles. The molecule has 30 heavy (non-hydrogen) atoms. The van der Waals surface area contributed by atoms with Crippen LogP contribution < -0.4 is 5.32 Å². The lowest BCUT2D eigenvalue weighted by molar-refractivity contribution is -0.116. The maximum absolute atomic E-state index is 13.3. The first-order valence-electron chi connectivity index (χ1n) is 9.74. The number of aryl methyl sites for hydroxylation is 3. The van der Waals surface area contributed by atoms with Crippen LogP contribution in [0.15, 0.2) is 77.7 Å². The lowest BCUT2D eigenvalue weighted by Gasteiger charge is -2.22. The number of carbonyl (C=O) groups is 1. The fourth-order valence-electron chi connectivity index (χ4n) is 3.22. The molecule has 0 bridgehead atoms. The zero-order chi connectivity index (χ0) is 21.7. The van der Waals surface area contributed by atoms with Gasteiger partial charge in [0.05, 0.1) is 11.4 Å². The number of benzene rings is 3. The van der Waals surface area contributed by atoms with Crippen molar-refractivity contribution in [2.24, 2.45) is 0 Å². The fraction of sp³-hybridized carbons (Fsp3) is 0.208. The first-order chi connectivity index (χ1) is 14.3. The molecule has 156 valence electrons. The Kier molecular flexibility index (Phi) is 6.70. The minimum atomic E-state index is -3.85. The van der Waals surface area contributed by atoms with Gasteiger partial charge < -0.3 is 5.32 Å². The van der Waals surface area contributed by atoms with Gasteiger partial charge in [-0.15, -0.1) is 0 Å². The van der Waals surface area contributed by atoms with E-state index in [9.17, 15) is 13.2 Å². The number of rotatable bonds is 7. The Balaban J connectivity index is 1.89. The van der Waals surface area contributed by atoms with Gasteiger partial charge in [0, 0.05) is 12.2 Å². The van der Waals surface area contributed by atoms with Crippen LogP contribution in [-0.2, 0) is 21.4 Å². The second-order valence-corrected chi connectivity index (χ2v) is 9.32. The third-order valence-corrected chi connectivity index (χ3v) is 6.73. The molecule has 0 unspecified atom stereocenters. The van der Waals surface area contributed by atoms with Crippen LogP contribution in [0.2, 0.25) is 0 Å². The van der Waals surface area contributed by atoms with Crippen LogP contribution >= 0.6 is 0 Å². The second-order valence-electron chi connectivity index (χ2n) is 7.39. The van der Waals surface area contributed by atoms with E-state index in [0.29, 0.717) is 0 Å². The summed E-state index contributed by atoms with van der Waals surface area (Å²) in [5, 5.41) is 2.88. The molecule has 0 aliphatic rings. The van der Waals surface area contributed by atoms with Crippen molar-refractivity contribution in [3.8, 4) is 0 Å². The van der Waals surface area contributed by atoms with Crippen molar-refractivity contribution in [1.29, 1.82) is 0 Å². The molecule has 3 rings (SSSR count). The zero-order valence-electron chi connectivity index (χ0n) is 17.4. The van der Waals surface area contributed by atoms with E-state index in [1.165, 1.54) is 4.31 Å². The highest BCUT2D eigenvalue weighted by Gasteiger charge is 2.27. The summed E-state index contributed by atoms with van der Waals surface area (Å²) in [6, 6.07) is 21.7. The average Bonchev–Trinajstić information content (AvgIpc) is 2.71. The molecule has 0 saturated heterocycles. The fourth-order valence-corrected chi connectivity index (χ4v) is 4.61. The molecule has 0 aliphatic carbocycles. The number of nitrogens with zero attached hydrogens (tertiary/aromatic N) is 1. The molecule has 0 aromatic heterocycles. The molecular weight excluding hydrogens is 396 g/mol. The van der Waals surface area contributed by atoms with E-state index >= 15 is 0 Å². The minimum Gasteiger partial charge on any atom is -0.324 e. The van der Waals surface area contributed by atoms with Crippen LogP contribution in [-0.4, -0.2) is 25.2 Å². The van der Waals surface area contributed by atoms with E-state index in [4.69, 9.17) is 0 Å². The molecule has 0 radical (unpaired) electrons. The Morgan fingerprint density at radius 2 is 1.43 bits per heavy atom. The molecular formula is C24H26N2O3S. The van der Waals surface area contributed by atoms with E-state index in [1.54, 1.807) is 24.3 Å². The quantitative estimate of drug-likeness (QED) is 0.612. The summed E-state index contributed by atoms with van der Waals surface area (Å²) < 4.78 is 27.8. The molecule has 1 amide bonds. The molecule has 3 aromatic rings. The van der Waals surface area contributed by atoms with Crippen molar-refractivity contribution in [2.75, 3.05) is 11.9 Å². The van der Waals surface area contributed by atoms with Gasteiger partial charge in [-0.1, -0.05) is 66.2 Å². The summed E-state index contributed by atoms with van der Waals surface area (Å²) in [6.07, 6.45) is 0. The van der Waals surface area contributed by atoms with Crippen LogP contribution in [0.25, 0.3) is 0 Å². The van der Waals surface area contributed by atoms with Crippen molar-refractivity contribution in [1.82, 2.24) is 4.31 Å². The van der Waals surface area contributed by atoms with Gasteiger partial charge in [-0.2, -0.15) is 4.31 Å². The number of hydrogen-bond donors (Lipinski definition) is 1. The van der Waals surface area contributed by atoms with Gasteiger partial charge >= 0.3 is 0 Å². The van der Waals surface area contributed by atoms with Crippen molar-refractivity contribution in [3.63, 3.8) is 0 Å². The maximum atomic E-state index is 13.3. The summed E-state index contributed by atoms with van der Waals surface area (Å²) in [7, 11) is -3.85. The van der Waals surface area contributed by atoms with Crippen LogP contribution in [0.4, 0.5) is 5.69 Å². The summed E-state index contributed by atoms with van der Waals surface area (Å²) in [4.78, 5) is 13.0. The summed E-state index contributed by atoms with van der Waals surface area (Å²) >= 11 is 0. The minimum absolute atomic E-state index is 0.108. The molecule has 0 spiro atoms. The van der Waals surface area contributed by atoms with Gasteiger partial charge in [0.2, 0.25) is 15.9 Å². The van der Waals surface area contributed by atoms with Crippen molar-refractivity contribution in [3.05, 3.63) is 95.1 Å². The number of sulfonamides is 1. The standard InChI is InChI=1S/C24H26N2O3S/c1-18-12-14-22(15-13-18)30(28,29)26(16-21-10-5-4-6-11-21)17-23(27)25-24-19(2)8-7-9-20(24)3/h4-15H,16-17H2,1-3H3,(H,25,27). The second kappa shape index (κ2) is 9.24. The zero-order valence-corrected chi connectivity index (χ0v) is 18.2. The Bertz CT molecular complexity index is 1100. The average molecular weight is 423 g/mol. The largest absolute Gasteiger partial charge is 0.324 e. The number of carbonyl (C=O) groups excluding carboxylic acids is 1. The number of nitrogens with one attached hydrogen (secondary N) is 1. The van der Waals surface area contributed by atoms with Crippen LogP contribution in [0, 0.1) is 20.8 Å². The van der Waals surface area contributed by atoms with Crippen molar-refractivity contribution in [2.45, 2.75) is 32.2 Å². The summed E-state index contributed by atoms with van der Waals surface area (Å²) in [5.74, 6) is -0.376. The van der Waals surface area contributed by atoms with Crippen LogP contribution in [0.5, 0.6) is 0 Å². The normalized spacial score (nSPS) is 11.5. The molecule has 1 N–H and O–H groups in total. The van der Waals surface area contributed by atoms with Crippen LogP contribution in [0.1, 0.15) is 22.3 Å². The lowest BCUT2D eigenvalue weighted by Crippen LogP contribution is -2.37. The Morgan fingerprint density at radius 3 is 2.03 bits per heavy atom. The van der Waals surface area contributed by atoms with Crippen LogP contribution in [0.3, 0.4) is 0 Å². The summed E-state index contributed by atoms with van der Waals surface area (Å²) in [6.45, 7) is 5.55.